The topological polar surface area (TPSA) is 57.2 Å². The molecule has 0 aliphatic carbocycles. The van der Waals surface area contributed by atoms with E-state index in [1.807, 2.05) is 30.5 Å². The number of primary amides is 1. The van der Waals surface area contributed by atoms with Crippen molar-refractivity contribution in [3.8, 4) is 0 Å². The molecule has 1 saturated heterocycles. The Morgan fingerprint density at radius 2 is 2.12 bits per heavy atom. The molecule has 1 aromatic heterocycles. The largest absolute Gasteiger partial charge is 0.377 e. The van der Waals surface area contributed by atoms with Crippen molar-refractivity contribution in [3.63, 3.8) is 0 Å². The van der Waals surface area contributed by atoms with E-state index in [-0.39, 0.29) is 5.91 Å². The second kappa shape index (κ2) is 3.35. The number of nitrogens with zero attached hydrogens (tertiary/aromatic N) is 1. The van der Waals surface area contributed by atoms with Crippen LogP contribution in [0.1, 0.15) is 16.4 Å². The number of rotatable bonds is 2. The van der Waals surface area contributed by atoms with Crippen LogP contribution in [-0.4, -0.2) is 23.7 Å². The SMILES string of the molecule is NC(=O)c1cn(C2COC2)c2ccccc12. The normalized spacial score (nSPS) is 16.2. The van der Waals surface area contributed by atoms with Crippen LogP contribution in [0, 0.1) is 0 Å². The van der Waals surface area contributed by atoms with E-state index >= 15 is 0 Å². The van der Waals surface area contributed by atoms with Crippen molar-refractivity contribution in [2.45, 2.75) is 6.04 Å². The minimum atomic E-state index is -0.379. The maximum Gasteiger partial charge on any atom is 0.250 e. The molecule has 0 unspecified atom stereocenters. The van der Waals surface area contributed by atoms with E-state index in [4.69, 9.17) is 10.5 Å². The van der Waals surface area contributed by atoms with Crippen LogP contribution in [0.25, 0.3) is 10.9 Å². The van der Waals surface area contributed by atoms with Crippen molar-refractivity contribution >= 4 is 16.8 Å². The van der Waals surface area contributed by atoms with Gasteiger partial charge in [0, 0.05) is 17.1 Å². The average Bonchev–Trinajstić information content (AvgIpc) is 2.56. The summed E-state index contributed by atoms with van der Waals surface area (Å²) in [6.45, 7) is 1.41. The first-order valence-electron chi connectivity index (χ1n) is 5.24. The van der Waals surface area contributed by atoms with Gasteiger partial charge in [0.2, 0.25) is 0 Å². The molecule has 2 N–H and O–H groups in total. The lowest BCUT2D eigenvalue weighted by molar-refractivity contribution is -0.0214. The van der Waals surface area contributed by atoms with Gasteiger partial charge in [0.1, 0.15) is 0 Å². The molecular formula is C12H12N2O2. The number of aromatic nitrogens is 1. The van der Waals surface area contributed by atoms with Crippen LogP contribution in [0.15, 0.2) is 30.5 Å². The number of nitrogens with two attached hydrogens (primary N) is 1. The van der Waals surface area contributed by atoms with E-state index < -0.39 is 0 Å². The second-order valence-electron chi connectivity index (χ2n) is 4.02. The van der Waals surface area contributed by atoms with Crippen LogP contribution < -0.4 is 5.73 Å². The molecule has 4 nitrogen and oxygen atoms in total. The maximum absolute atomic E-state index is 11.3. The fourth-order valence-corrected chi connectivity index (χ4v) is 2.09. The van der Waals surface area contributed by atoms with Crippen LogP contribution in [0.5, 0.6) is 0 Å². The van der Waals surface area contributed by atoms with Crippen molar-refractivity contribution in [1.82, 2.24) is 4.57 Å². The molecular weight excluding hydrogens is 204 g/mol. The minimum absolute atomic E-state index is 0.331. The van der Waals surface area contributed by atoms with Gasteiger partial charge in [-0.1, -0.05) is 18.2 Å². The summed E-state index contributed by atoms with van der Waals surface area (Å²) < 4.78 is 7.25. The number of fused-ring (bicyclic) bond motifs is 1. The van der Waals surface area contributed by atoms with Gasteiger partial charge in [-0.25, -0.2) is 0 Å². The van der Waals surface area contributed by atoms with E-state index in [1.54, 1.807) is 0 Å². The molecule has 0 spiro atoms. The lowest BCUT2D eigenvalue weighted by Crippen LogP contribution is -2.30. The maximum atomic E-state index is 11.3. The lowest BCUT2D eigenvalue weighted by Gasteiger charge is -2.28. The first-order chi connectivity index (χ1) is 7.77. The summed E-state index contributed by atoms with van der Waals surface area (Å²) >= 11 is 0. The van der Waals surface area contributed by atoms with Crippen molar-refractivity contribution in [1.29, 1.82) is 0 Å². The first kappa shape index (κ1) is 9.42. The molecule has 0 bridgehead atoms. The summed E-state index contributed by atoms with van der Waals surface area (Å²) in [5.74, 6) is -0.379. The fourth-order valence-electron chi connectivity index (χ4n) is 2.09. The number of hydrogen-bond acceptors (Lipinski definition) is 2. The molecule has 1 aliphatic rings. The highest BCUT2D eigenvalue weighted by Gasteiger charge is 2.23. The zero-order valence-corrected chi connectivity index (χ0v) is 8.72. The smallest absolute Gasteiger partial charge is 0.250 e. The highest BCUT2D eigenvalue weighted by atomic mass is 16.5. The molecule has 2 heterocycles. The molecule has 0 saturated carbocycles. The lowest BCUT2D eigenvalue weighted by atomic mass is 10.2. The van der Waals surface area contributed by atoms with E-state index in [0.29, 0.717) is 24.8 Å². The molecule has 4 heteroatoms. The highest BCUT2D eigenvalue weighted by Crippen LogP contribution is 2.27. The van der Waals surface area contributed by atoms with Gasteiger partial charge in [0.25, 0.3) is 5.91 Å². The van der Waals surface area contributed by atoms with E-state index in [9.17, 15) is 4.79 Å². The Labute approximate surface area is 92.6 Å². The predicted molar refractivity (Wildman–Crippen MR) is 60.3 cm³/mol. The van der Waals surface area contributed by atoms with Gasteiger partial charge >= 0.3 is 0 Å². The monoisotopic (exact) mass is 216 g/mol. The second-order valence-corrected chi connectivity index (χ2v) is 4.02. The Balaban J connectivity index is 2.24. The van der Waals surface area contributed by atoms with Crippen LogP contribution in [-0.2, 0) is 4.74 Å². The van der Waals surface area contributed by atoms with Crippen molar-refractivity contribution in [2.75, 3.05) is 13.2 Å². The zero-order valence-electron chi connectivity index (χ0n) is 8.72. The average molecular weight is 216 g/mol. The van der Waals surface area contributed by atoms with Crippen LogP contribution in [0.3, 0.4) is 0 Å². The number of para-hydroxylation sites is 1. The van der Waals surface area contributed by atoms with Gasteiger partial charge in [-0.2, -0.15) is 0 Å². The van der Waals surface area contributed by atoms with Gasteiger partial charge in [-0.3, -0.25) is 4.79 Å². The Morgan fingerprint density at radius 1 is 1.38 bits per heavy atom. The first-order valence-corrected chi connectivity index (χ1v) is 5.24. The van der Waals surface area contributed by atoms with Crippen molar-refractivity contribution in [2.24, 2.45) is 5.73 Å². The quantitative estimate of drug-likeness (QED) is 0.822. The number of carbonyl (C=O) groups excluding carboxylic acids is 1. The van der Waals surface area contributed by atoms with Gasteiger partial charge in [0.15, 0.2) is 0 Å². The summed E-state index contributed by atoms with van der Waals surface area (Å²) in [6.07, 6.45) is 1.83. The third kappa shape index (κ3) is 1.23. The summed E-state index contributed by atoms with van der Waals surface area (Å²) in [5, 5.41) is 0.918. The van der Waals surface area contributed by atoms with Crippen molar-refractivity contribution < 1.29 is 9.53 Å². The Morgan fingerprint density at radius 3 is 2.75 bits per heavy atom. The molecule has 2 aromatic rings. The number of carbonyl (C=O) groups is 1. The standard InChI is InChI=1S/C12H12N2O2/c13-12(15)10-5-14(8-6-16-7-8)11-4-2-1-3-9(10)11/h1-5,8H,6-7H2,(H2,13,15). The number of benzene rings is 1. The van der Waals surface area contributed by atoms with Crippen LogP contribution >= 0.6 is 0 Å². The van der Waals surface area contributed by atoms with Gasteiger partial charge in [-0.15, -0.1) is 0 Å². The molecule has 1 aromatic carbocycles. The Hall–Kier alpha value is -1.81. The van der Waals surface area contributed by atoms with E-state index in [0.717, 1.165) is 10.9 Å². The van der Waals surface area contributed by atoms with Crippen LogP contribution in [0.4, 0.5) is 0 Å². The third-order valence-corrected chi connectivity index (χ3v) is 3.02. The summed E-state index contributed by atoms with van der Waals surface area (Å²) in [6, 6.07) is 8.13. The highest BCUT2D eigenvalue weighted by molar-refractivity contribution is 6.06. The predicted octanol–water partition coefficient (Wildman–Crippen LogP) is 1.31. The molecule has 16 heavy (non-hydrogen) atoms. The zero-order chi connectivity index (χ0) is 11.1. The van der Waals surface area contributed by atoms with Gasteiger partial charge in [0.05, 0.1) is 24.8 Å². The third-order valence-electron chi connectivity index (χ3n) is 3.02. The molecule has 1 fully saturated rings. The van der Waals surface area contributed by atoms with Crippen molar-refractivity contribution in [3.05, 3.63) is 36.0 Å². The number of hydrogen-bond donors (Lipinski definition) is 1. The van der Waals surface area contributed by atoms with E-state index in [1.165, 1.54) is 0 Å². The summed E-state index contributed by atoms with van der Waals surface area (Å²) in [7, 11) is 0. The molecule has 82 valence electrons. The molecule has 1 amide bonds. The fraction of sp³-hybridized carbons (Fsp3) is 0.250. The molecule has 3 rings (SSSR count). The Bertz CT molecular complexity index is 555. The molecule has 1 aliphatic heterocycles. The van der Waals surface area contributed by atoms with Crippen LogP contribution in [0.2, 0.25) is 0 Å². The summed E-state index contributed by atoms with van der Waals surface area (Å²) in [4.78, 5) is 11.3. The van der Waals surface area contributed by atoms with Gasteiger partial charge in [-0.05, 0) is 6.07 Å². The Kier molecular flexibility index (Phi) is 1.97. The molecule has 0 atom stereocenters. The molecule has 0 radical (unpaired) electrons. The van der Waals surface area contributed by atoms with Gasteiger partial charge < -0.3 is 15.0 Å². The number of amides is 1. The number of ether oxygens (including phenoxy) is 1. The minimum Gasteiger partial charge on any atom is -0.377 e. The summed E-state index contributed by atoms with van der Waals surface area (Å²) in [5.41, 5.74) is 7.00. The van der Waals surface area contributed by atoms with E-state index in [2.05, 4.69) is 4.57 Å².